The van der Waals surface area contributed by atoms with E-state index in [2.05, 4.69) is 10.6 Å². The van der Waals surface area contributed by atoms with Crippen LogP contribution in [-0.4, -0.2) is 50.8 Å². The highest BCUT2D eigenvalue weighted by atomic mass is 32.2. The molecule has 1 aliphatic rings. The number of rotatable bonds is 8. The third-order valence-corrected chi connectivity index (χ3v) is 7.99. The molecule has 1 atom stereocenters. The van der Waals surface area contributed by atoms with Crippen molar-refractivity contribution in [2.24, 2.45) is 0 Å². The van der Waals surface area contributed by atoms with Crippen LogP contribution in [0.3, 0.4) is 0 Å². The van der Waals surface area contributed by atoms with Crippen LogP contribution in [0.1, 0.15) is 36.8 Å². The predicted octanol–water partition coefficient (Wildman–Crippen LogP) is 2.51. The monoisotopic (exact) mass is 491 g/mol. The minimum Gasteiger partial charge on any atom is -0.497 e. The van der Waals surface area contributed by atoms with Gasteiger partial charge in [-0.05, 0) is 67.6 Å². The molecule has 2 aromatic rings. The Kier molecular flexibility index (Phi) is 8.62. The van der Waals surface area contributed by atoms with Gasteiger partial charge in [0.1, 0.15) is 11.6 Å². The van der Waals surface area contributed by atoms with E-state index in [1.807, 2.05) is 0 Å². The Morgan fingerprint density at radius 1 is 1.09 bits per heavy atom. The number of piperidine rings is 1. The van der Waals surface area contributed by atoms with Gasteiger partial charge in [0.2, 0.25) is 10.0 Å². The van der Waals surface area contributed by atoms with Gasteiger partial charge in [-0.3, -0.25) is 9.59 Å². The molecule has 1 saturated heterocycles. The van der Waals surface area contributed by atoms with Gasteiger partial charge in [-0.1, -0.05) is 18.6 Å². The van der Waals surface area contributed by atoms with Crippen molar-refractivity contribution >= 4 is 21.8 Å². The molecule has 2 aromatic carbocycles. The molecule has 0 aliphatic carbocycles. The normalized spacial score (nSPS) is 16.6. The van der Waals surface area contributed by atoms with Crippen LogP contribution in [0.2, 0.25) is 0 Å². The van der Waals surface area contributed by atoms with E-state index in [9.17, 15) is 22.4 Å². The molecule has 0 unspecified atom stereocenters. The van der Waals surface area contributed by atoms with E-state index < -0.39 is 27.7 Å². The first-order chi connectivity index (χ1) is 16.2. The van der Waals surface area contributed by atoms with E-state index in [1.165, 1.54) is 16.4 Å². The second-order valence-electron chi connectivity index (χ2n) is 8.25. The number of nitrogens with zero attached hydrogens (tertiary/aromatic N) is 1. The Morgan fingerprint density at radius 2 is 1.79 bits per heavy atom. The molecule has 0 aromatic heterocycles. The maximum Gasteiger partial charge on any atom is 0.309 e. The van der Waals surface area contributed by atoms with Crippen LogP contribution in [0.25, 0.3) is 0 Å². The number of methoxy groups -OCH3 is 1. The van der Waals surface area contributed by atoms with Gasteiger partial charge < -0.3 is 15.4 Å². The first kappa shape index (κ1) is 25.6. The summed E-state index contributed by atoms with van der Waals surface area (Å²) >= 11 is 0. The number of sulfonamides is 1. The third-order valence-electron chi connectivity index (χ3n) is 5.88. The molecule has 0 radical (unpaired) electrons. The van der Waals surface area contributed by atoms with Crippen LogP contribution < -0.4 is 15.4 Å². The second kappa shape index (κ2) is 11.4. The van der Waals surface area contributed by atoms with Crippen molar-refractivity contribution < 1.29 is 27.1 Å². The van der Waals surface area contributed by atoms with Gasteiger partial charge in [0.15, 0.2) is 0 Å². The molecular formula is C24H30FN3O5S. The van der Waals surface area contributed by atoms with Gasteiger partial charge in [-0.15, -0.1) is 0 Å². The van der Waals surface area contributed by atoms with Gasteiger partial charge in [0.05, 0.1) is 12.0 Å². The summed E-state index contributed by atoms with van der Waals surface area (Å²) in [5.74, 6) is -1.32. The molecule has 1 heterocycles. The maximum atomic E-state index is 13.5. The fraction of sp³-hybridized carbons (Fsp3) is 0.417. The van der Waals surface area contributed by atoms with Gasteiger partial charge >= 0.3 is 11.8 Å². The highest BCUT2D eigenvalue weighted by Gasteiger charge is 2.34. The number of hydrogen-bond acceptors (Lipinski definition) is 5. The van der Waals surface area contributed by atoms with Gasteiger partial charge in [-0.25, -0.2) is 12.8 Å². The van der Waals surface area contributed by atoms with Crippen molar-refractivity contribution in [1.29, 1.82) is 0 Å². The van der Waals surface area contributed by atoms with E-state index in [-0.39, 0.29) is 24.0 Å². The van der Waals surface area contributed by atoms with Crippen molar-refractivity contribution in [3.8, 4) is 5.75 Å². The lowest BCUT2D eigenvalue weighted by atomic mass is 10.0. The zero-order chi connectivity index (χ0) is 24.7. The Bertz CT molecular complexity index is 1120. The highest BCUT2D eigenvalue weighted by molar-refractivity contribution is 7.89. The van der Waals surface area contributed by atoms with Crippen molar-refractivity contribution in [2.75, 3.05) is 20.2 Å². The average molecular weight is 492 g/mol. The Balaban J connectivity index is 1.53. The van der Waals surface area contributed by atoms with Crippen molar-refractivity contribution in [3.63, 3.8) is 0 Å². The topological polar surface area (TPSA) is 105 Å². The lowest BCUT2D eigenvalue weighted by Gasteiger charge is -2.35. The van der Waals surface area contributed by atoms with E-state index in [0.717, 1.165) is 24.5 Å². The lowest BCUT2D eigenvalue weighted by molar-refractivity contribution is -0.139. The van der Waals surface area contributed by atoms with Crippen molar-refractivity contribution in [2.45, 2.75) is 50.1 Å². The standard InChI is InChI=1S/C24H30FN3O5S/c1-17-15-19(25)8-11-22(17)34(31,32)28-14-4-3-5-20(28)12-13-26-23(29)24(30)27-16-18-6-9-21(33-2)10-7-18/h6-11,15,20H,3-5,12-14,16H2,1-2H3,(H,26,29)(H,27,30)/t20-/m0/s1. The zero-order valence-electron chi connectivity index (χ0n) is 19.3. The fourth-order valence-electron chi connectivity index (χ4n) is 4.05. The number of nitrogens with one attached hydrogen (secondary N) is 2. The number of hydrogen-bond donors (Lipinski definition) is 2. The summed E-state index contributed by atoms with van der Waals surface area (Å²) in [5, 5.41) is 5.13. The smallest absolute Gasteiger partial charge is 0.309 e. The summed E-state index contributed by atoms with van der Waals surface area (Å²) in [6.07, 6.45) is 2.63. The molecule has 3 rings (SSSR count). The maximum absolute atomic E-state index is 13.5. The van der Waals surface area contributed by atoms with Crippen LogP contribution in [0.5, 0.6) is 5.75 Å². The Morgan fingerprint density at radius 3 is 2.47 bits per heavy atom. The number of carbonyl (C=O) groups excluding carboxylic acids is 2. The van der Waals surface area contributed by atoms with Gasteiger partial charge in [-0.2, -0.15) is 4.31 Å². The molecule has 0 saturated carbocycles. The minimum atomic E-state index is -3.80. The Labute approximate surface area is 199 Å². The van der Waals surface area contributed by atoms with E-state index in [4.69, 9.17) is 4.74 Å². The molecule has 1 aliphatic heterocycles. The summed E-state index contributed by atoms with van der Waals surface area (Å²) < 4.78 is 46.5. The summed E-state index contributed by atoms with van der Waals surface area (Å²) in [5.41, 5.74) is 1.17. The number of ether oxygens (including phenoxy) is 1. The fourth-order valence-corrected chi connectivity index (χ4v) is 5.98. The van der Waals surface area contributed by atoms with Gasteiger partial charge in [0, 0.05) is 25.7 Å². The first-order valence-electron chi connectivity index (χ1n) is 11.2. The summed E-state index contributed by atoms with van der Waals surface area (Å²) in [6.45, 7) is 2.29. The van der Waals surface area contributed by atoms with Crippen molar-refractivity contribution in [3.05, 3.63) is 59.4 Å². The number of aryl methyl sites for hydroxylation is 1. The number of carbonyl (C=O) groups is 2. The highest BCUT2D eigenvalue weighted by Crippen LogP contribution is 2.28. The minimum absolute atomic E-state index is 0.0859. The van der Waals surface area contributed by atoms with E-state index >= 15 is 0 Å². The number of amides is 2. The zero-order valence-corrected chi connectivity index (χ0v) is 20.2. The molecule has 8 nitrogen and oxygen atoms in total. The second-order valence-corrected chi connectivity index (χ2v) is 10.1. The largest absolute Gasteiger partial charge is 0.497 e. The van der Waals surface area contributed by atoms with E-state index in [0.29, 0.717) is 30.7 Å². The Hall–Kier alpha value is -2.98. The van der Waals surface area contributed by atoms with Crippen LogP contribution in [0.4, 0.5) is 4.39 Å². The lowest BCUT2D eigenvalue weighted by Crippen LogP contribution is -2.46. The van der Waals surface area contributed by atoms with Crippen LogP contribution >= 0.6 is 0 Å². The van der Waals surface area contributed by atoms with Gasteiger partial charge in [0.25, 0.3) is 0 Å². The summed E-state index contributed by atoms with van der Waals surface area (Å²) in [4.78, 5) is 24.4. The van der Waals surface area contributed by atoms with Crippen molar-refractivity contribution in [1.82, 2.24) is 14.9 Å². The quantitative estimate of drug-likeness (QED) is 0.552. The molecule has 34 heavy (non-hydrogen) atoms. The molecule has 1 fully saturated rings. The SMILES string of the molecule is COc1ccc(CNC(=O)C(=O)NCC[C@@H]2CCCCN2S(=O)(=O)c2ccc(F)cc2C)cc1. The molecule has 2 amide bonds. The average Bonchev–Trinajstić information content (AvgIpc) is 2.82. The third kappa shape index (κ3) is 6.32. The van der Waals surface area contributed by atoms with Crippen LogP contribution in [-0.2, 0) is 26.2 Å². The predicted molar refractivity (Wildman–Crippen MR) is 125 cm³/mol. The summed E-state index contributed by atoms with van der Waals surface area (Å²) in [6, 6.07) is 10.4. The van der Waals surface area contributed by atoms with Crippen LogP contribution in [0.15, 0.2) is 47.4 Å². The molecule has 184 valence electrons. The first-order valence-corrected chi connectivity index (χ1v) is 12.6. The molecule has 0 bridgehead atoms. The molecule has 2 N–H and O–H groups in total. The molecule has 0 spiro atoms. The number of halogens is 1. The van der Waals surface area contributed by atoms with E-state index in [1.54, 1.807) is 38.3 Å². The molecule has 10 heteroatoms. The van der Waals surface area contributed by atoms with Crippen LogP contribution in [0, 0.1) is 12.7 Å². The summed E-state index contributed by atoms with van der Waals surface area (Å²) in [7, 11) is -2.24. The molecular weight excluding hydrogens is 461 g/mol. The number of benzene rings is 2.